The molecule has 0 fully saturated rings. The Morgan fingerprint density at radius 2 is 1.91 bits per heavy atom. The van der Waals surface area contributed by atoms with E-state index in [4.69, 9.17) is 23.2 Å². The van der Waals surface area contributed by atoms with Gasteiger partial charge < -0.3 is 0 Å². The number of hydrogen-bond acceptors (Lipinski definition) is 0. The molecule has 1 aromatic carbocycles. The van der Waals surface area contributed by atoms with E-state index in [2.05, 4.69) is 15.9 Å². The van der Waals surface area contributed by atoms with Gasteiger partial charge in [0, 0.05) is 4.47 Å². The highest BCUT2D eigenvalue weighted by atomic mass is 79.9. The minimum atomic E-state index is -0.439. The van der Waals surface area contributed by atoms with Crippen LogP contribution in [0.3, 0.4) is 0 Å². The van der Waals surface area contributed by atoms with Gasteiger partial charge in [-0.05, 0) is 30.2 Å². The third-order valence-corrected chi connectivity index (χ3v) is 2.28. The highest BCUT2D eigenvalue weighted by molar-refractivity contribution is 9.10. The van der Waals surface area contributed by atoms with Crippen LogP contribution < -0.4 is 0 Å². The summed E-state index contributed by atoms with van der Waals surface area (Å²) in [4.78, 5) is -0.439. The van der Waals surface area contributed by atoms with E-state index >= 15 is 0 Å². The first-order valence-electron chi connectivity index (χ1n) is 3.15. The Morgan fingerprint density at radius 3 is 2.36 bits per heavy atom. The molecule has 11 heavy (non-hydrogen) atoms. The van der Waals surface area contributed by atoms with Crippen molar-refractivity contribution >= 4 is 39.1 Å². The molecule has 0 aliphatic rings. The second kappa shape index (κ2) is 3.79. The lowest BCUT2D eigenvalue weighted by Gasteiger charge is -2.03. The zero-order valence-electron chi connectivity index (χ0n) is 5.94. The van der Waals surface area contributed by atoms with Gasteiger partial charge in [-0.2, -0.15) is 0 Å². The van der Waals surface area contributed by atoms with E-state index in [1.54, 1.807) is 0 Å². The van der Waals surface area contributed by atoms with Gasteiger partial charge in [-0.25, -0.2) is 0 Å². The molecule has 0 amide bonds. The van der Waals surface area contributed by atoms with Gasteiger partial charge in [-0.15, -0.1) is 23.2 Å². The highest BCUT2D eigenvalue weighted by Crippen LogP contribution is 2.27. The molecular weight excluding hydrogens is 247 g/mol. The van der Waals surface area contributed by atoms with Crippen molar-refractivity contribution in [2.75, 3.05) is 0 Å². The lowest BCUT2D eigenvalue weighted by molar-refractivity contribution is 1.30. The lowest BCUT2D eigenvalue weighted by atomic mass is 10.2. The summed E-state index contributed by atoms with van der Waals surface area (Å²) in [5, 5.41) is 0. The molecule has 0 bridgehead atoms. The van der Waals surface area contributed by atoms with Crippen molar-refractivity contribution in [3.05, 3.63) is 33.8 Å². The Morgan fingerprint density at radius 1 is 1.27 bits per heavy atom. The van der Waals surface area contributed by atoms with Gasteiger partial charge in [0.1, 0.15) is 4.84 Å². The normalized spacial score (nSPS) is 10.6. The molecule has 60 valence electrons. The van der Waals surface area contributed by atoms with Crippen LogP contribution in [0.5, 0.6) is 0 Å². The quantitative estimate of drug-likeness (QED) is 0.657. The van der Waals surface area contributed by atoms with Crippen LogP contribution in [0.15, 0.2) is 22.7 Å². The van der Waals surface area contributed by atoms with Gasteiger partial charge in [0.2, 0.25) is 0 Å². The Labute approximate surface area is 84.6 Å². The largest absolute Gasteiger partial charge is 0.132 e. The first-order chi connectivity index (χ1) is 5.09. The topological polar surface area (TPSA) is 0 Å². The van der Waals surface area contributed by atoms with Gasteiger partial charge in [0.25, 0.3) is 0 Å². The van der Waals surface area contributed by atoms with Crippen molar-refractivity contribution in [3.63, 3.8) is 0 Å². The molecule has 0 aliphatic carbocycles. The minimum absolute atomic E-state index is 0.439. The average Bonchev–Trinajstić information content (AvgIpc) is 1.85. The van der Waals surface area contributed by atoms with Crippen LogP contribution in [0.25, 0.3) is 0 Å². The van der Waals surface area contributed by atoms with Gasteiger partial charge in [0.15, 0.2) is 0 Å². The summed E-state index contributed by atoms with van der Waals surface area (Å²) in [6.07, 6.45) is 0. The maximum Gasteiger partial charge on any atom is 0.132 e. The number of benzene rings is 1. The van der Waals surface area contributed by atoms with Gasteiger partial charge in [-0.1, -0.05) is 22.0 Å². The van der Waals surface area contributed by atoms with E-state index in [0.29, 0.717) is 0 Å². The third kappa shape index (κ3) is 2.66. The maximum atomic E-state index is 5.69. The molecule has 0 aromatic heterocycles. The summed E-state index contributed by atoms with van der Waals surface area (Å²) < 4.78 is 1.01. The molecule has 0 aliphatic heterocycles. The van der Waals surface area contributed by atoms with Crippen molar-refractivity contribution in [1.82, 2.24) is 0 Å². The van der Waals surface area contributed by atoms with E-state index < -0.39 is 4.84 Å². The smallest absolute Gasteiger partial charge is 0.100 e. The Bertz CT molecular complexity index is 238. The predicted molar refractivity (Wildman–Crippen MR) is 53.3 cm³/mol. The van der Waals surface area contributed by atoms with Crippen LogP contribution in [0.1, 0.15) is 16.0 Å². The van der Waals surface area contributed by atoms with Crippen molar-refractivity contribution < 1.29 is 0 Å². The zero-order valence-corrected chi connectivity index (χ0v) is 9.04. The Hall–Kier alpha value is 0.280. The molecule has 0 heterocycles. The summed E-state index contributed by atoms with van der Waals surface area (Å²) >= 11 is 14.7. The van der Waals surface area contributed by atoms with Crippen molar-refractivity contribution in [2.45, 2.75) is 11.8 Å². The molecule has 0 atom stereocenters. The van der Waals surface area contributed by atoms with Crippen LogP contribution >= 0.6 is 39.1 Å². The number of halogens is 3. The molecule has 1 rings (SSSR count). The van der Waals surface area contributed by atoms with Crippen molar-refractivity contribution in [3.8, 4) is 0 Å². The van der Waals surface area contributed by atoms with E-state index in [1.807, 2.05) is 25.1 Å². The summed E-state index contributed by atoms with van der Waals surface area (Å²) in [5.74, 6) is 0. The standard InChI is InChI=1S/C8H7BrCl2/c1-5-2-6(8(10)11)4-7(9)3-5/h2-4,8H,1H3. The second-order valence-corrected chi connectivity index (χ2v) is 4.37. The van der Waals surface area contributed by atoms with Crippen LogP contribution in [-0.4, -0.2) is 0 Å². The Kier molecular flexibility index (Phi) is 3.23. The Balaban J connectivity index is 3.08. The summed E-state index contributed by atoms with van der Waals surface area (Å²) in [6.45, 7) is 2.00. The summed E-state index contributed by atoms with van der Waals surface area (Å²) in [6, 6.07) is 5.90. The molecule has 0 saturated heterocycles. The molecule has 0 unspecified atom stereocenters. The fraction of sp³-hybridized carbons (Fsp3) is 0.250. The monoisotopic (exact) mass is 252 g/mol. The molecule has 0 radical (unpaired) electrons. The number of hydrogen-bond donors (Lipinski definition) is 0. The van der Waals surface area contributed by atoms with Crippen LogP contribution in [0.2, 0.25) is 0 Å². The molecule has 1 aromatic rings. The molecule has 0 spiro atoms. The maximum absolute atomic E-state index is 5.69. The average molecular weight is 254 g/mol. The first kappa shape index (κ1) is 9.37. The van der Waals surface area contributed by atoms with E-state index in [0.717, 1.165) is 15.6 Å². The SMILES string of the molecule is Cc1cc(Br)cc(C(Cl)Cl)c1. The van der Waals surface area contributed by atoms with Crippen LogP contribution in [0, 0.1) is 6.92 Å². The zero-order chi connectivity index (χ0) is 8.43. The predicted octanol–water partition coefficient (Wildman–Crippen LogP) is 4.23. The third-order valence-electron chi connectivity index (χ3n) is 1.32. The summed E-state index contributed by atoms with van der Waals surface area (Å²) in [7, 11) is 0. The highest BCUT2D eigenvalue weighted by Gasteiger charge is 2.03. The summed E-state index contributed by atoms with van der Waals surface area (Å²) in [5.41, 5.74) is 2.08. The lowest BCUT2D eigenvalue weighted by Crippen LogP contribution is -1.83. The van der Waals surface area contributed by atoms with Crippen LogP contribution in [0.4, 0.5) is 0 Å². The van der Waals surface area contributed by atoms with E-state index in [1.165, 1.54) is 0 Å². The first-order valence-corrected chi connectivity index (χ1v) is 4.81. The van der Waals surface area contributed by atoms with Crippen molar-refractivity contribution in [2.24, 2.45) is 0 Å². The fourth-order valence-corrected chi connectivity index (χ4v) is 1.77. The molecule has 3 heteroatoms. The van der Waals surface area contributed by atoms with Gasteiger partial charge >= 0.3 is 0 Å². The number of alkyl halides is 2. The van der Waals surface area contributed by atoms with E-state index in [-0.39, 0.29) is 0 Å². The van der Waals surface area contributed by atoms with Crippen LogP contribution in [-0.2, 0) is 0 Å². The number of aryl methyl sites for hydroxylation is 1. The van der Waals surface area contributed by atoms with Gasteiger partial charge in [-0.3, -0.25) is 0 Å². The van der Waals surface area contributed by atoms with Crippen molar-refractivity contribution in [1.29, 1.82) is 0 Å². The van der Waals surface area contributed by atoms with E-state index in [9.17, 15) is 0 Å². The second-order valence-electron chi connectivity index (χ2n) is 2.36. The number of rotatable bonds is 1. The minimum Gasteiger partial charge on any atom is -0.100 e. The molecule has 0 saturated carbocycles. The molecular formula is C8H7BrCl2. The fourth-order valence-electron chi connectivity index (χ4n) is 0.891. The van der Waals surface area contributed by atoms with Gasteiger partial charge in [0.05, 0.1) is 0 Å². The molecule has 0 N–H and O–H groups in total. The molecule has 0 nitrogen and oxygen atoms in total.